The van der Waals surface area contributed by atoms with Crippen LogP contribution in [0, 0.1) is 0 Å². The summed E-state index contributed by atoms with van der Waals surface area (Å²) in [5.41, 5.74) is 3.15. The average Bonchev–Trinajstić information content (AvgIpc) is 2.54. The van der Waals surface area contributed by atoms with Crippen LogP contribution >= 0.6 is 0 Å². The summed E-state index contributed by atoms with van der Waals surface area (Å²) in [7, 11) is 1.87. The van der Waals surface area contributed by atoms with Crippen molar-refractivity contribution in [3.05, 3.63) is 23.8 Å². The molecule has 0 atom stereocenters. The summed E-state index contributed by atoms with van der Waals surface area (Å²) in [5, 5.41) is 3.10. The van der Waals surface area contributed by atoms with Gasteiger partial charge in [0.1, 0.15) is 12.9 Å². The maximum atomic E-state index is 11.0. The van der Waals surface area contributed by atoms with E-state index in [4.69, 9.17) is 14.3 Å². The quantitative estimate of drug-likeness (QED) is 0.676. The topological polar surface area (TPSA) is 67.9 Å². The number of aldehydes is 1. The van der Waals surface area contributed by atoms with Crippen molar-refractivity contribution >= 4 is 23.6 Å². The van der Waals surface area contributed by atoms with E-state index in [0.29, 0.717) is 6.61 Å². The van der Waals surface area contributed by atoms with Gasteiger partial charge in [-0.1, -0.05) is 0 Å². The first-order chi connectivity index (χ1) is 10.6. The lowest BCUT2D eigenvalue weighted by molar-refractivity contribution is -0.142. The predicted octanol–water partition coefficient (Wildman–Crippen LogP) is 1.83. The molecule has 1 aliphatic rings. The number of benzene rings is 1. The van der Waals surface area contributed by atoms with Crippen molar-refractivity contribution in [2.24, 2.45) is 0 Å². The fraction of sp³-hybridized carbons (Fsp3) is 0.500. The molecule has 0 saturated carbocycles. The van der Waals surface area contributed by atoms with Crippen molar-refractivity contribution in [1.29, 1.82) is 0 Å². The molecule has 6 nitrogen and oxygen atoms in total. The van der Waals surface area contributed by atoms with Crippen LogP contribution in [0.3, 0.4) is 0 Å². The van der Waals surface area contributed by atoms with Crippen LogP contribution in [-0.2, 0) is 25.7 Å². The van der Waals surface area contributed by atoms with Crippen molar-refractivity contribution in [2.75, 3.05) is 43.6 Å². The van der Waals surface area contributed by atoms with E-state index in [-0.39, 0.29) is 5.97 Å². The van der Waals surface area contributed by atoms with Crippen molar-refractivity contribution in [3.63, 3.8) is 0 Å². The molecular formula is C16H24N2O4. The fourth-order valence-corrected chi connectivity index (χ4v) is 2.15. The van der Waals surface area contributed by atoms with Gasteiger partial charge in [-0.2, -0.15) is 0 Å². The smallest absolute Gasteiger partial charge is 0.302 e. The second kappa shape index (κ2) is 9.78. The summed E-state index contributed by atoms with van der Waals surface area (Å²) in [5.74, 6) is -0.261. The number of rotatable bonds is 4. The van der Waals surface area contributed by atoms with Gasteiger partial charge in [0.05, 0.1) is 13.2 Å². The Kier molecular flexibility index (Phi) is 7.99. The zero-order valence-electron chi connectivity index (χ0n) is 13.4. The highest BCUT2D eigenvalue weighted by molar-refractivity contribution is 5.67. The average molecular weight is 308 g/mol. The van der Waals surface area contributed by atoms with E-state index in [2.05, 4.69) is 16.3 Å². The molecule has 6 heteroatoms. The number of esters is 1. The normalized spacial score (nSPS) is 13.7. The molecule has 2 rings (SSSR count). The highest BCUT2D eigenvalue weighted by atomic mass is 16.5. The van der Waals surface area contributed by atoms with Gasteiger partial charge in [0, 0.05) is 44.0 Å². The molecule has 1 heterocycles. The first kappa shape index (κ1) is 18.0. The van der Waals surface area contributed by atoms with Crippen LogP contribution in [0.4, 0.5) is 11.4 Å². The number of anilines is 2. The Hall–Kier alpha value is -2.08. The predicted molar refractivity (Wildman–Crippen MR) is 86.2 cm³/mol. The van der Waals surface area contributed by atoms with E-state index >= 15 is 0 Å². The zero-order valence-corrected chi connectivity index (χ0v) is 13.4. The number of nitrogens with zero attached hydrogens (tertiary/aromatic N) is 1. The third kappa shape index (κ3) is 5.73. The number of carbonyl (C=O) groups excluding carboxylic acids is 2. The molecule has 1 saturated heterocycles. The van der Waals surface area contributed by atoms with Gasteiger partial charge in [-0.25, -0.2) is 0 Å². The monoisotopic (exact) mass is 308 g/mol. The fourth-order valence-electron chi connectivity index (χ4n) is 2.15. The molecule has 0 radical (unpaired) electrons. The number of carbonyl (C=O) groups is 2. The van der Waals surface area contributed by atoms with Crippen molar-refractivity contribution in [2.45, 2.75) is 20.5 Å². The van der Waals surface area contributed by atoms with Gasteiger partial charge in [-0.15, -0.1) is 0 Å². The molecule has 1 aliphatic heterocycles. The maximum absolute atomic E-state index is 11.0. The minimum Gasteiger partial charge on any atom is -0.461 e. The summed E-state index contributed by atoms with van der Waals surface area (Å²) in [6.07, 6.45) is 0.750. The minimum absolute atomic E-state index is 0.261. The molecular weight excluding hydrogens is 284 g/mol. The number of nitrogens with one attached hydrogen (secondary N) is 1. The first-order valence-electron chi connectivity index (χ1n) is 7.28. The van der Waals surface area contributed by atoms with Gasteiger partial charge in [0.2, 0.25) is 0 Å². The summed E-state index contributed by atoms with van der Waals surface area (Å²) >= 11 is 0. The molecule has 1 N–H and O–H groups in total. The van der Waals surface area contributed by atoms with Crippen LogP contribution in [0.15, 0.2) is 18.2 Å². The Bertz CT molecular complexity index is 485. The Morgan fingerprint density at radius 3 is 2.59 bits per heavy atom. The van der Waals surface area contributed by atoms with E-state index in [1.165, 1.54) is 13.8 Å². The van der Waals surface area contributed by atoms with Gasteiger partial charge in [-0.05, 0) is 25.1 Å². The molecule has 1 fully saturated rings. The summed E-state index contributed by atoms with van der Waals surface area (Å²) < 4.78 is 10.5. The van der Waals surface area contributed by atoms with E-state index in [1.54, 1.807) is 0 Å². The van der Waals surface area contributed by atoms with Gasteiger partial charge in [0.15, 0.2) is 0 Å². The Balaban J connectivity index is 0.000000745. The van der Waals surface area contributed by atoms with Crippen LogP contribution in [0.2, 0.25) is 0 Å². The third-order valence-corrected chi connectivity index (χ3v) is 3.15. The molecule has 0 unspecified atom stereocenters. The standard InChI is InChI=1S/C14H20N2O3.C2H4O/c1-11(17)19-10-12-9-13(15-2)3-4-14(12)16-5-7-18-8-6-16;1-2-3/h3-4,9,15H,5-8,10H2,1-2H3;2H,1H3. The highest BCUT2D eigenvalue weighted by Crippen LogP contribution is 2.26. The van der Waals surface area contributed by atoms with Gasteiger partial charge >= 0.3 is 5.97 Å². The second-order valence-corrected chi connectivity index (χ2v) is 4.71. The molecule has 0 amide bonds. The minimum atomic E-state index is -0.261. The zero-order chi connectivity index (χ0) is 16.4. The third-order valence-electron chi connectivity index (χ3n) is 3.15. The van der Waals surface area contributed by atoms with Gasteiger partial charge in [0.25, 0.3) is 0 Å². The second-order valence-electron chi connectivity index (χ2n) is 4.71. The van der Waals surface area contributed by atoms with Crippen molar-refractivity contribution in [3.8, 4) is 0 Å². The number of hydrogen-bond donors (Lipinski definition) is 1. The number of morpholine rings is 1. The van der Waals surface area contributed by atoms with E-state index in [9.17, 15) is 4.79 Å². The lowest BCUT2D eigenvalue weighted by atomic mass is 10.1. The van der Waals surface area contributed by atoms with Crippen LogP contribution in [0.5, 0.6) is 0 Å². The van der Waals surface area contributed by atoms with Crippen LogP contribution in [0.25, 0.3) is 0 Å². The Labute approximate surface area is 131 Å². The van der Waals surface area contributed by atoms with E-state index < -0.39 is 0 Å². The maximum Gasteiger partial charge on any atom is 0.302 e. The van der Waals surface area contributed by atoms with E-state index in [0.717, 1.165) is 49.5 Å². The van der Waals surface area contributed by atoms with E-state index in [1.807, 2.05) is 19.2 Å². The largest absolute Gasteiger partial charge is 0.461 e. The summed E-state index contributed by atoms with van der Waals surface area (Å²) in [6.45, 7) is 6.38. The summed E-state index contributed by atoms with van der Waals surface area (Å²) in [6, 6.07) is 6.12. The van der Waals surface area contributed by atoms with Crippen LogP contribution in [-0.4, -0.2) is 45.6 Å². The lowest BCUT2D eigenvalue weighted by Crippen LogP contribution is -2.36. The van der Waals surface area contributed by atoms with Crippen molar-refractivity contribution < 1.29 is 19.1 Å². The summed E-state index contributed by atoms with van der Waals surface area (Å²) in [4.78, 5) is 22.1. The molecule has 0 aliphatic carbocycles. The number of ether oxygens (including phenoxy) is 2. The van der Waals surface area contributed by atoms with Crippen LogP contribution in [0.1, 0.15) is 19.4 Å². The molecule has 1 aromatic carbocycles. The number of hydrogen-bond acceptors (Lipinski definition) is 6. The van der Waals surface area contributed by atoms with Gasteiger partial charge < -0.3 is 24.5 Å². The Morgan fingerprint density at radius 1 is 1.41 bits per heavy atom. The molecule has 1 aromatic rings. The molecule has 0 aromatic heterocycles. The van der Waals surface area contributed by atoms with Crippen molar-refractivity contribution in [1.82, 2.24) is 0 Å². The lowest BCUT2D eigenvalue weighted by Gasteiger charge is -2.30. The van der Waals surface area contributed by atoms with Gasteiger partial charge in [-0.3, -0.25) is 4.79 Å². The SMILES string of the molecule is CC=O.CNc1ccc(N2CCOCC2)c(COC(C)=O)c1. The molecule has 0 spiro atoms. The Morgan fingerprint density at radius 2 is 2.05 bits per heavy atom. The molecule has 0 bridgehead atoms. The van der Waals surface area contributed by atoms with Crippen LogP contribution < -0.4 is 10.2 Å². The molecule has 122 valence electrons. The first-order valence-corrected chi connectivity index (χ1v) is 7.28. The molecule has 22 heavy (non-hydrogen) atoms. The highest BCUT2D eigenvalue weighted by Gasteiger charge is 2.15.